The van der Waals surface area contributed by atoms with Crippen molar-refractivity contribution in [2.75, 3.05) is 9.80 Å². The fraction of sp³-hybridized carbons (Fsp3) is 0.408. The Kier molecular flexibility index (Phi) is 12.2. The molecule has 0 saturated heterocycles. The highest BCUT2D eigenvalue weighted by atomic mass is 16.3. The highest BCUT2D eigenvalue weighted by Gasteiger charge is 2.40. The summed E-state index contributed by atoms with van der Waals surface area (Å²) in [5.41, 5.74) is 22.0. The molecule has 1 aromatic heterocycles. The van der Waals surface area contributed by atoms with E-state index in [1.54, 1.807) is 0 Å². The van der Waals surface area contributed by atoms with Crippen LogP contribution in [0.5, 0.6) is 0 Å². The molecule has 384 valence electrons. The minimum Gasteiger partial charge on any atom is -0.456 e. The molecule has 0 fully saturated rings. The molecule has 0 unspecified atom stereocenters. The van der Waals surface area contributed by atoms with Gasteiger partial charge < -0.3 is 14.2 Å². The maximum absolute atomic E-state index is 7.07. The van der Waals surface area contributed by atoms with Gasteiger partial charge in [-0.3, -0.25) is 0 Å². The topological polar surface area (TPSA) is 19.6 Å². The van der Waals surface area contributed by atoms with E-state index in [0.29, 0.717) is 0 Å². The molecular formula is C71H84N2O. The molecule has 0 saturated carbocycles. The first-order valence-corrected chi connectivity index (χ1v) is 27.7. The SMILES string of the molecule is Cc1cc2c(cc1N(c1ccc(C(C)(C)C)cc1)c1cc(N(c3ccc4c(c3)oc3cc5c(cc34)C(C)(C)CCC5(C)C)c3ccc(C(C)(C)C)cc3-c3ccccc3)cc(C(C)(C)C)c1)C(C)(C)CCC2(C)C. The number of anilines is 6. The summed E-state index contributed by atoms with van der Waals surface area (Å²) < 4.78 is 7.07. The van der Waals surface area contributed by atoms with Crippen LogP contribution in [0.15, 0.2) is 138 Å². The van der Waals surface area contributed by atoms with Gasteiger partial charge in [-0.25, -0.2) is 0 Å². The second-order valence-electron chi connectivity index (χ2n) is 28.2. The molecule has 0 amide bonds. The Morgan fingerprint density at radius 3 is 1.41 bits per heavy atom. The van der Waals surface area contributed by atoms with Gasteiger partial charge in [0.2, 0.25) is 0 Å². The van der Waals surface area contributed by atoms with Crippen molar-refractivity contribution in [2.45, 2.75) is 188 Å². The monoisotopic (exact) mass is 981 g/mol. The van der Waals surface area contributed by atoms with Gasteiger partial charge in [0.1, 0.15) is 11.2 Å². The van der Waals surface area contributed by atoms with Crippen LogP contribution in [-0.2, 0) is 37.9 Å². The van der Waals surface area contributed by atoms with Crippen LogP contribution < -0.4 is 9.80 Å². The number of furan rings is 1. The van der Waals surface area contributed by atoms with Crippen molar-refractivity contribution in [3.8, 4) is 11.1 Å². The lowest BCUT2D eigenvalue weighted by molar-refractivity contribution is 0.332. The van der Waals surface area contributed by atoms with Gasteiger partial charge in [0.15, 0.2) is 0 Å². The Bertz CT molecular complexity index is 3450. The summed E-state index contributed by atoms with van der Waals surface area (Å²) in [4.78, 5) is 5.08. The highest BCUT2D eigenvalue weighted by molar-refractivity contribution is 6.07. The van der Waals surface area contributed by atoms with Crippen LogP contribution in [0.3, 0.4) is 0 Å². The summed E-state index contributed by atoms with van der Waals surface area (Å²) >= 11 is 0. The minimum atomic E-state index is -0.184. The zero-order valence-corrected chi connectivity index (χ0v) is 48.3. The number of nitrogens with zero attached hydrogens (tertiary/aromatic N) is 2. The Hall–Kier alpha value is -6.06. The van der Waals surface area contributed by atoms with Crippen molar-refractivity contribution in [2.24, 2.45) is 0 Å². The average Bonchev–Trinajstić information content (AvgIpc) is 3.69. The largest absolute Gasteiger partial charge is 0.456 e. The second kappa shape index (κ2) is 17.5. The number of aryl methyl sites for hydroxylation is 1. The van der Waals surface area contributed by atoms with E-state index < -0.39 is 0 Å². The van der Waals surface area contributed by atoms with Crippen LogP contribution in [-0.4, -0.2) is 0 Å². The molecule has 0 radical (unpaired) electrons. The minimum absolute atomic E-state index is 0.0209. The van der Waals surface area contributed by atoms with Gasteiger partial charge in [-0.05, 0) is 193 Å². The van der Waals surface area contributed by atoms with Crippen LogP contribution >= 0.6 is 0 Å². The average molecular weight is 981 g/mol. The summed E-state index contributed by atoms with van der Waals surface area (Å²) in [5.74, 6) is 0. The third-order valence-electron chi connectivity index (χ3n) is 17.6. The maximum atomic E-state index is 7.07. The molecule has 1 heterocycles. The van der Waals surface area contributed by atoms with E-state index in [0.717, 1.165) is 57.8 Å². The molecule has 2 aliphatic carbocycles. The summed E-state index contributed by atoms with van der Waals surface area (Å²) in [6.45, 7) is 42.7. The van der Waals surface area contributed by atoms with Crippen LogP contribution in [0, 0.1) is 6.92 Å². The van der Waals surface area contributed by atoms with Crippen LogP contribution in [0.1, 0.15) is 188 Å². The third kappa shape index (κ3) is 9.19. The van der Waals surface area contributed by atoms with Crippen LogP contribution in [0.4, 0.5) is 34.1 Å². The van der Waals surface area contributed by atoms with Gasteiger partial charge >= 0.3 is 0 Å². The van der Waals surface area contributed by atoms with E-state index in [-0.39, 0.29) is 37.9 Å². The molecule has 8 aromatic rings. The van der Waals surface area contributed by atoms with Crippen molar-refractivity contribution in [3.63, 3.8) is 0 Å². The lowest BCUT2D eigenvalue weighted by Crippen LogP contribution is -2.34. The number of hydrogen-bond donors (Lipinski definition) is 0. The smallest absolute Gasteiger partial charge is 0.137 e. The number of benzene rings is 7. The molecule has 0 spiro atoms. The van der Waals surface area contributed by atoms with Gasteiger partial charge in [-0.15, -0.1) is 0 Å². The molecule has 2 aliphatic rings. The Morgan fingerprint density at radius 1 is 0.378 bits per heavy atom. The molecule has 0 bridgehead atoms. The fourth-order valence-electron chi connectivity index (χ4n) is 12.2. The van der Waals surface area contributed by atoms with E-state index in [2.05, 4.69) is 268 Å². The van der Waals surface area contributed by atoms with E-state index in [1.807, 2.05) is 0 Å². The lowest BCUT2D eigenvalue weighted by Gasteiger charge is -2.43. The van der Waals surface area contributed by atoms with Crippen molar-refractivity contribution in [3.05, 3.63) is 178 Å². The van der Waals surface area contributed by atoms with Crippen molar-refractivity contribution in [1.82, 2.24) is 0 Å². The maximum Gasteiger partial charge on any atom is 0.137 e. The number of rotatable bonds is 7. The van der Waals surface area contributed by atoms with Gasteiger partial charge in [-0.2, -0.15) is 0 Å². The molecule has 0 N–H and O–H groups in total. The number of fused-ring (bicyclic) bond motifs is 5. The lowest BCUT2D eigenvalue weighted by atomic mass is 9.63. The third-order valence-corrected chi connectivity index (χ3v) is 17.6. The standard InChI is InChI=1S/C71H84N2O/c1-45-36-57-59(70(15,16)34-32-68(57,11)12)43-62(45)72(50-27-24-47(25-28-50)65(2,3)4)52-37-49(67(8,9)10)38-53(40-52)73(61-31-26-48(66(5,6)7)39-55(61)46-22-20-19-21-23-46)51-29-30-54-56-42-58-60(44-64(56)74-63(54)41-51)71(17,18)35-33-69(58,13)14/h19-31,36-44H,32-35H2,1-18H3. The van der Waals surface area contributed by atoms with Gasteiger partial charge in [0.05, 0.1) is 5.69 Å². The Labute approximate surface area is 445 Å². The van der Waals surface area contributed by atoms with Gasteiger partial charge in [-0.1, -0.05) is 172 Å². The van der Waals surface area contributed by atoms with E-state index in [4.69, 9.17) is 4.42 Å². The molecular weight excluding hydrogens is 897 g/mol. The zero-order valence-electron chi connectivity index (χ0n) is 48.3. The van der Waals surface area contributed by atoms with E-state index >= 15 is 0 Å². The predicted octanol–water partition coefficient (Wildman–Crippen LogP) is 21.1. The van der Waals surface area contributed by atoms with Crippen molar-refractivity contribution < 1.29 is 4.42 Å². The first-order chi connectivity index (χ1) is 34.4. The molecule has 0 atom stereocenters. The summed E-state index contributed by atoms with van der Waals surface area (Å²) in [6.07, 6.45) is 4.66. The van der Waals surface area contributed by atoms with Crippen molar-refractivity contribution in [1.29, 1.82) is 0 Å². The first-order valence-electron chi connectivity index (χ1n) is 27.7. The van der Waals surface area contributed by atoms with Gasteiger partial charge in [0.25, 0.3) is 0 Å². The van der Waals surface area contributed by atoms with Crippen LogP contribution in [0.25, 0.3) is 33.1 Å². The molecule has 74 heavy (non-hydrogen) atoms. The molecule has 10 rings (SSSR count). The molecule has 7 aromatic carbocycles. The quantitative estimate of drug-likeness (QED) is 0.159. The van der Waals surface area contributed by atoms with E-state index in [1.165, 1.54) is 79.5 Å². The van der Waals surface area contributed by atoms with Gasteiger partial charge in [0, 0.05) is 50.8 Å². The molecule has 0 aliphatic heterocycles. The Balaban J connectivity index is 1.27. The summed E-state index contributed by atoms with van der Waals surface area (Å²) in [7, 11) is 0. The summed E-state index contributed by atoms with van der Waals surface area (Å²) in [5, 5.41) is 2.35. The Morgan fingerprint density at radius 2 is 0.851 bits per heavy atom. The van der Waals surface area contributed by atoms with E-state index in [9.17, 15) is 0 Å². The molecule has 3 heteroatoms. The fourth-order valence-corrected chi connectivity index (χ4v) is 12.2. The summed E-state index contributed by atoms with van der Waals surface area (Å²) in [6, 6.07) is 51.7. The first kappa shape index (κ1) is 51.4. The van der Waals surface area contributed by atoms with Crippen LogP contribution in [0.2, 0.25) is 0 Å². The van der Waals surface area contributed by atoms with Crippen molar-refractivity contribution >= 4 is 56.1 Å². The highest BCUT2D eigenvalue weighted by Crippen LogP contribution is 2.53. The second-order valence-corrected chi connectivity index (χ2v) is 28.2. The zero-order chi connectivity index (χ0) is 53.3. The number of hydrogen-bond acceptors (Lipinski definition) is 3. The normalized spacial score (nSPS) is 17.0. The predicted molar refractivity (Wildman–Crippen MR) is 320 cm³/mol. The molecule has 3 nitrogen and oxygen atoms in total.